The predicted octanol–water partition coefficient (Wildman–Crippen LogP) is 2.61. The second-order valence-electron chi connectivity index (χ2n) is 4.19. The number of nitrogens with one attached hydrogen (secondary N) is 2. The number of halogens is 1. The third-order valence-electron chi connectivity index (χ3n) is 2.84. The zero-order valence-corrected chi connectivity index (χ0v) is 13.8. The van der Waals surface area contributed by atoms with Gasteiger partial charge in [0.2, 0.25) is 0 Å². The maximum absolute atomic E-state index is 11.5. The molecule has 5 nitrogen and oxygen atoms in total. The quantitative estimate of drug-likeness (QED) is 0.834. The summed E-state index contributed by atoms with van der Waals surface area (Å²) in [5.74, 6) is 0. The number of rotatable bonds is 6. The van der Waals surface area contributed by atoms with E-state index in [0.717, 1.165) is 22.5 Å². The van der Waals surface area contributed by atoms with Crippen molar-refractivity contribution in [1.82, 2.24) is 20.1 Å². The van der Waals surface area contributed by atoms with Crippen molar-refractivity contribution < 1.29 is 0 Å². The molecular weight excluding hydrogens is 340 g/mol. The highest BCUT2D eigenvalue weighted by atomic mass is 79.9. The van der Waals surface area contributed by atoms with Crippen LogP contribution in [-0.4, -0.2) is 21.3 Å². The summed E-state index contributed by atoms with van der Waals surface area (Å²) in [6.07, 6.45) is 0. The standard InChI is InChI=1S/C13H17BrN4OS/c1-3-15-8-9-5-6-10(7-11(9)14)20-13-17-16-12(19)18(13)4-2/h5-7,15H,3-4,8H2,1-2H3,(H,16,19). The van der Waals surface area contributed by atoms with Gasteiger partial charge in [-0.15, -0.1) is 5.10 Å². The Morgan fingerprint density at radius 1 is 1.45 bits per heavy atom. The van der Waals surface area contributed by atoms with E-state index < -0.39 is 0 Å². The highest BCUT2D eigenvalue weighted by molar-refractivity contribution is 9.10. The van der Waals surface area contributed by atoms with Crippen LogP contribution in [0.5, 0.6) is 0 Å². The summed E-state index contributed by atoms with van der Waals surface area (Å²) in [5.41, 5.74) is 1.05. The van der Waals surface area contributed by atoms with E-state index in [1.54, 1.807) is 4.57 Å². The second kappa shape index (κ2) is 7.10. The lowest BCUT2D eigenvalue weighted by Crippen LogP contribution is -2.16. The molecule has 2 rings (SSSR count). The number of aromatic amines is 1. The fraction of sp³-hybridized carbons (Fsp3) is 0.385. The minimum Gasteiger partial charge on any atom is -0.313 e. The molecule has 108 valence electrons. The Labute approximate surface area is 130 Å². The largest absolute Gasteiger partial charge is 0.343 e. The summed E-state index contributed by atoms with van der Waals surface area (Å²) in [6, 6.07) is 6.17. The van der Waals surface area contributed by atoms with Crippen molar-refractivity contribution in [2.45, 2.75) is 37.0 Å². The van der Waals surface area contributed by atoms with E-state index >= 15 is 0 Å². The smallest absolute Gasteiger partial charge is 0.313 e. The molecule has 2 aromatic rings. The average Bonchev–Trinajstić information content (AvgIpc) is 2.78. The molecule has 0 aliphatic heterocycles. The van der Waals surface area contributed by atoms with Gasteiger partial charge in [-0.25, -0.2) is 9.89 Å². The van der Waals surface area contributed by atoms with Gasteiger partial charge in [0.05, 0.1) is 0 Å². The molecule has 1 aromatic carbocycles. The van der Waals surface area contributed by atoms with E-state index in [9.17, 15) is 4.79 Å². The first kappa shape index (κ1) is 15.3. The molecule has 0 saturated heterocycles. The van der Waals surface area contributed by atoms with Crippen molar-refractivity contribution in [3.05, 3.63) is 38.7 Å². The summed E-state index contributed by atoms with van der Waals surface area (Å²) < 4.78 is 2.68. The van der Waals surface area contributed by atoms with Gasteiger partial charge in [0.1, 0.15) is 0 Å². The highest BCUT2D eigenvalue weighted by Gasteiger charge is 2.09. The Hall–Kier alpha value is -1.05. The van der Waals surface area contributed by atoms with E-state index in [4.69, 9.17) is 0 Å². The van der Waals surface area contributed by atoms with Gasteiger partial charge in [-0.1, -0.05) is 28.9 Å². The zero-order chi connectivity index (χ0) is 14.5. The molecule has 0 spiro atoms. The maximum atomic E-state index is 11.5. The van der Waals surface area contributed by atoms with Gasteiger partial charge < -0.3 is 5.32 Å². The molecule has 0 bridgehead atoms. The Bertz CT molecular complexity index is 638. The monoisotopic (exact) mass is 356 g/mol. The van der Waals surface area contributed by atoms with E-state index in [1.807, 2.05) is 13.0 Å². The van der Waals surface area contributed by atoms with Crippen LogP contribution in [0.3, 0.4) is 0 Å². The molecule has 0 atom stereocenters. The number of hydrogen-bond acceptors (Lipinski definition) is 4. The first-order valence-electron chi connectivity index (χ1n) is 6.47. The molecular formula is C13H17BrN4OS. The third kappa shape index (κ3) is 3.53. The lowest BCUT2D eigenvalue weighted by Gasteiger charge is -2.07. The fourth-order valence-electron chi connectivity index (χ4n) is 1.76. The van der Waals surface area contributed by atoms with Gasteiger partial charge in [0, 0.05) is 22.5 Å². The molecule has 1 heterocycles. The number of benzene rings is 1. The number of aromatic nitrogens is 3. The molecule has 0 aliphatic rings. The molecule has 0 fully saturated rings. The molecule has 2 N–H and O–H groups in total. The topological polar surface area (TPSA) is 62.7 Å². The minimum atomic E-state index is -0.169. The molecule has 20 heavy (non-hydrogen) atoms. The highest BCUT2D eigenvalue weighted by Crippen LogP contribution is 2.29. The Balaban J connectivity index is 2.17. The Morgan fingerprint density at radius 2 is 2.25 bits per heavy atom. The van der Waals surface area contributed by atoms with Gasteiger partial charge in [-0.2, -0.15) is 0 Å². The zero-order valence-electron chi connectivity index (χ0n) is 11.4. The third-order valence-corrected chi connectivity index (χ3v) is 4.56. The fourth-order valence-corrected chi connectivity index (χ4v) is 3.37. The van der Waals surface area contributed by atoms with Crippen LogP contribution in [0.15, 0.2) is 37.5 Å². The second-order valence-corrected chi connectivity index (χ2v) is 6.09. The van der Waals surface area contributed by atoms with Gasteiger partial charge in [0.25, 0.3) is 0 Å². The van der Waals surface area contributed by atoms with Crippen LogP contribution >= 0.6 is 27.7 Å². The van der Waals surface area contributed by atoms with Crippen LogP contribution < -0.4 is 11.0 Å². The summed E-state index contributed by atoms with van der Waals surface area (Å²) in [4.78, 5) is 12.6. The summed E-state index contributed by atoms with van der Waals surface area (Å²) >= 11 is 5.06. The van der Waals surface area contributed by atoms with Crippen molar-refractivity contribution in [2.75, 3.05) is 6.54 Å². The molecule has 0 aliphatic carbocycles. The molecule has 0 unspecified atom stereocenters. The molecule has 7 heteroatoms. The number of nitrogens with zero attached hydrogens (tertiary/aromatic N) is 2. The van der Waals surface area contributed by atoms with Crippen molar-refractivity contribution in [2.24, 2.45) is 0 Å². The van der Waals surface area contributed by atoms with Crippen LogP contribution in [0.25, 0.3) is 0 Å². The minimum absolute atomic E-state index is 0.169. The SMILES string of the molecule is CCNCc1ccc(Sc2n[nH]c(=O)n2CC)cc1Br. The molecule has 1 aromatic heterocycles. The van der Waals surface area contributed by atoms with Crippen LogP contribution in [0.1, 0.15) is 19.4 Å². The average molecular weight is 357 g/mol. The normalized spacial score (nSPS) is 10.9. The van der Waals surface area contributed by atoms with E-state index in [0.29, 0.717) is 11.7 Å². The van der Waals surface area contributed by atoms with Crippen molar-refractivity contribution >= 4 is 27.7 Å². The molecule has 0 radical (unpaired) electrons. The van der Waals surface area contributed by atoms with Gasteiger partial charge in [-0.05, 0) is 42.9 Å². The van der Waals surface area contributed by atoms with Crippen molar-refractivity contribution in [3.63, 3.8) is 0 Å². The summed E-state index contributed by atoms with van der Waals surface area (Å²) in [7, 11) is 0. The predicted molar refractivity (Wildman–Crippen MR) is 84.2 cm³/mol. The first-order chi connectivity index (χ1) is 9.65. The van der Waals surface area contributed by atoms with Gasteiger partial charge in [-0.3, -0.25) is 4.57 Å². The van der Waals surface area contributed by atoms with Crippen LogP contribution in [0.4, 0.5) is 0 Å². The number of H-pyrrole nitrogens is 1. The Morgan fingerprint density at radius 3 is 2.90 bits per heavy atom. The first-order valence-corrected chi connectivity index (χ1v) is 8.08. The van der Waals surface area contributed by atoms with Gasteiger partial charge in [0.15, 0.2) is 5.16 Å². The molecule has 0 saturated carbocycles. The number of hydrogen-bond donors (Lipinski definition) is 2. The van der Waals surface area contributed by atoms with Crippen LogP contribution in [0, 0.1) is 0 Å². The lowest BCUT2D eigenvalue weighted by atomic mass is 10.2. The Kier molecular flexibility index (Phi) is 5.45. The van der Waals surface area contributed by atoms with Crippen molar-refractivity contribution in [1.29, 1.82) is 0 Å². The maximum Gasteiger partial charge on any atom is 0.343 e. The van der Waals surface area contributed by atoms with E-state index in [-0.39, 0.29) is 5.69 Å². The van der Waals surface area contributed by atoms with E-state index in [1.165, 1.54) is 17.3 Å². The summed E-state index contributed by atoms with van der Waals surface area (Å²) in [5, 5.41) is 10.5. The van der Waals surface area contributed by atoms with E-state index in [2.05, 4.69) is 50.5 Å². The van der Waals surface area contributed by atoms with Crippen LogP contribution in [-0.2, 0) is 13.1 Å². The van der Waals surface area contributed by atoms with Crippen molar-refractivity contribution in [3.8, 4) is 0 Å². The molecule has 0 amide bonds. The lowest BCUT2D eigenvalue weighted by molar-refractivity contribution is 0.660. The van der Waals surface area contributed by atoms with Gasteiger partial charge >= 0.3 is 5.69 Å². The summed E-state index contributed by atoms with van der Waals surface area (Å²) in [6.45, 7) is 6.40. The van der Waals surface area contributed by atoms with Crippen LogP contribution in [0.2, 0.25) is 0 Å².